The van der Waals surface area contributed by atoms with E-state index in [0.717, 1.165) is 29.4 Å². The summed E-state index contributed by atoms with van der Waals surface area (Å²) in [6.45, 7) is 6.68. The highest BCUT2D eigenvalue weighted by Gasteiger charge is 2.15. The van der Waals surface area contributed by atoms with Crippen molar-refractivity contribution in [1.82, 2.24) is 30.3 Å². The number of hydrogen-bond acceptors (Lipinski definition) is 5. The number of hydrogen-bond donors (Lipinski definition) is 2. The van der Waals surface area contributed by atoms with Crippen LogP contribution in [0, 0.1) is 6.92 Å². The van der Waals surface area contributed by atoms with E-state index in [0.29, 0.717) is 17.8 Å². The number of aryl methyl sites for hydroxylation is 2. The molecule has 0 aliphatic carbocycles. The summed E-state index contributed by atoms with van der Waals surface area (Å²) in [5.74, 6) is 1.28. The Hall–Kier alpha value is -3.16. The molecule has 0 saturated carbocycles. The number of amides is 1. The maximum absolute atomic E-state index is 12.7. The van der Waals surface area contributed by atoms with Gasteiger partial charge in [0.2, 0.25) is 5.95 Å². The van der Waals surface area contributed by atoms with Crippen molar-refractivity contribution in [1.29, 1.82) is 0 Å². The van der Waals surface area contributed by atoms with Crippen LogP contribution in [0.4, 0.5) is 5.95 Å². The molecule has 8 heteroatoms. The Balaban J connectivity index is 1.74. The average Bonchev–Trinajstić information content (AvgIpc) is 3.27. The molecule has 2 aromatic heterocycles. The van der Waals surface area contributed by atoms with Crippen molar-refractivity contribution in [2.45, 2.75) is 39.8 Å². The van der Waals surface area contributed by atoms with Gasteiger partial charge in [-0.15, -0.1) is 5.10 Å². The van der Waals surface area contributed by atoms with Crippen LogP contribution in [-0.4, -0.2) is 51.0 Å². The smallest absolute Gasteiger partial charge is 0.251 e. The molecule has 148 valence electrons. The third-order valence-corrected chi connectivity index (χ3v) is 4.39. The van der Waals surface area contributed by atoms with Gasteiger partial charge in [-0.3, -0.25) is 9.89 Å². The molecule has 8 nitrogen and oxygen atoms in total. The van der Waals surface area contributed by atoms with Crippen molar-refractivity contribution < 1.29 is 4.79 Å². The van der Waals surface area contributed by atoms with Crippen LogP contribution >= 0.6 is 0 Å². The summed E-state index contributed by atoms with van der Waals surface area (Å²) < 4.78 is 1.84. The summed E-state index contributed by atoms with van der Waals surface area (Å²) >= 11 is 0. The zero-order chi connectivity index (χ0) is 20.3. The van der Waals surface area contributed by atoms with E-state index < -0.39 is 0 Å². The lowest BCUT2D eigenvalue weighted by Gasteiger charge is -2.13. The topological polar surface area (TPSA) is 91.7 Å². The number of aromatic nitrogens is 5. The quantitative estimate of drug-likeness (QED) is 0.656. The molecule has 28 heavy (non-hydrogen) atoms. The van der Waals surface area contributed by atoms with E-state index >= 15 is 0 Å². The molecule has 2 N–H and O–H groups in total. The second kappa shape index (κ2) is 8.24. The molecule has 3 aromatic rings. The van der Waals surface area contributed by atoms with Crippen LogP contribution in [0.15, 0.2) is 30.3 Å². The van der Waals surface area contributed by atoms with Gasteiger partial charge in [0, 0.05) is 49.9 Å². The Morgan fingerprint density at radius 2 is 2.11 bits per heavy atom. The van der Waals surface area contributed by atoms with Gasteiger partial charge in [-0.25, -0.2) is 4.68 Å². The number of aromatic amines is 1. The van der Waals surface area contributed by atoms with E-state index in [9.17, 15) is 4.79 Å². The van der Waals surface area contributed by atoms with E-state index in [2.05, 4.69) is 25.6 Å². The van der Waals surface area contributed by atoms with Crippen LogP contribution in [0.2, 0.25) is 0 Å². The van der Waals surface area contributed by atoms with Gasteiger partial charge in [-0.05, 0) is 39.0 Å². The SMILES string of the molecule is CCn1nc(-c2cccc(C(=O)N[C@H](C)Cc3cc(C)[nH]n3)c2)nc1N(C)C. The number of nitrogens with zero attached hydrogens (tertiary/aromatic N) is 5. The fourth-order valence-electron chi connectivity index (χ4n) is 3.05. The molecule has 0 unspecified atom stereocenters. The predicted molar refractivity (Wildman–Crippen MR) is 109 cm³/mol. The Bertz CT molecular complexity index is 957. The largest absolute Gasteiger partial charge is 0.349 e. The molecule has 0 aliphatic rings. The highest BCUT2D eigenvalue weighted by molar-refractivity contribution is 5.95. The summed E-state index contributed by atoms with van der Waals surface area (Å²) in [6.07, 6.45) is 0.671. The van der Waals surface area contributed by atoms with Crippen molar-refractivity contribution in [2.75, 3.05) is 19.0 Å². The minimum atomic E-state index is -0.121. The van der Waals surface area contributed by atoms with Crippen LogP contribution in [0.1, 0.15) is 35.6 Å². The molecule has 0 fully saturated rings. The maximum atomic E-state index is 12.7. The fraction of sp³-hybridized carbons (Fsp3) is 0.400. The number of rotatable bonds is 7. The fourth-order valence-corrected chi connectivity index (χ4v) is 3.05. The normalized spacial score (nSPS) is 12.0. The minimum absolute atomic E-state index is 0.0309. The first-order chi connectivity index (χ1) is 13.4. The number of H-pyrrole nitrogens is 1. The minimum Gasteiger partial charge on any atom is -0.349 e. The predicted octanol–water partition coefficient (Wildman–Crippen LogP) is 2.42. The number of carbonyl (C=O) groups is 1. The van der Waals surface area contributed by atoms with Gasteiger partial charge in [0.15, 0.2) is 5.82 Å². The molecule has 1 aromatic carbocycles. The standard InChI is InChI=1S/C20H27N7O/c1-6-27-20(26(4)5)22-18(25-27)15-8-7-9-16(12-15)19(28)21-13(2)10-17-11-14(3)23-24-17/h7-9,11-13H,6,10H2,1-5H3,(H,21,28)(H,23,24)/t13-/m1/s1. The number of benzene rings is 1. The summed E-state index contributed by atoms with van der Waals surface area (Å²) in [5, 5.41) is 14.7. The zero-order valence-electron chi connectivity index (χ0n) is 17.0. The van der Waals surface area contributed by atoms with Crippen LogP contribution in [0.25, 0.3) is 11.4 Å². The molecule has 0 saturated heterocycles. The highest BCUT2D eigenvalue weighted by Crippen LogP contribution is 2.20. The monoisotopic (exact) mass is 381 g/mol. The average molecular weight is 381 g/mol. The third kappa shape index (κ3) is 4.39. The van der Waals surface area contributed by atoms with E-state index in [1.54, 1.807) is 6.07 Å². The summed E-state index contributed by atoms with van der Waals surface area (Å²) in [7, 11) is 3.87. The van der Waals surface area contributed by atoms with E-state index in [1.807, 2.05) is 68.7 Å². The van der Waals surface area contributed by atoms with Gasteiger partial charge in [0.05, 0.1) is 5.69 Å². The van der Waals surface area contributed by atoms with Crippen LogP contribution in [0.5, 0.6) is 0 Å². The zero-order valence-corrected chi connectivity index (χ0v) is 17.0. The second-order valence-corrected chi connectivity index (χ2v) is 7.15. The first-order valence-electron chi connectivity index (χ1n) is 9.41. The second-order valence-electron chi connectivity index (χ2n) is 7.15. The van der Waals surface area contributed by atoms with E-state index in [-0.39, 0.29) is 11.9 Å². The first-order valence-corrected chi connectivity index (χ1v) is 9.41. The molecule has 3 rings (SSSR count). The van der Waals surface area contributed by atoms with Crippen molar-refractivity contribution in [3.8, 4) is 11.4 Å². The molecule has 1 atom stereocenters. The lowest BCUT2D eigenvalue weighted by atomic mass is 10.1. The number of carbonyl (C=O) groups excluding carboxylic acids is 1. The van der Waals surface area contributed by atoms with Crippen molar-refractivity contribution in [3.05, 3.63) is 47.3 Å². The van der Waals surface area contributed by atoms with Crippen molar-refractivity contribution in [2.24, 2.45) is 0 Å². The summed E-state index contributed by atoms with van der Waals surface area (Å²) in [5.41, 5.74) is 3.35. The molecule has 0 spiro atoms. The Labute approximate surface area is 165 Å². The molecule has 1 amide bonds. The van der Waals surface area contributed by atoms with Gasteiger partial charge in [0.1, 0.15) is 0 Å². The summed E-state index contributed by atoms with van der Waals surface area (Å²) in [4.78, 5) is 19.2. The number of nitrogens with one attached hydrogen (secondary N) is 2. The Kier molecular flexibility index (Phi) is 5.77. The third-order valence-electron chi connectivity index (χ3n) is 4.39. The van der Waals surface area contributed by atoms with Gasteiger partial charge in [-0.2, -0.15) is 10.1 Å². The first kappa shape index (κ1) is 19.6. The Morgan fingerprint density at radius 1 is 1.32 bits per heavy atom. The lowest BCUT2D eigenvalue weighted by molar-refractivity contribution is 0.0940. The van der Waals surface area contributed by atoms with Gasteiger partial charge in [-0.1, -0.05) is 12.1 Å². The van der Waals surface area contributed by atoms with Crippen molar-refractivity contribution in [3.63, 3.8) is 0 Å². The van der Waals surface area contributed by atoms with Crippen LogP contribution < -0.4 is 10.2 Å². The molecular weight excluding hydrogens is 354 g/mol. The van der Waals surface area contributed by atoms with Crippen LogP contribution in [0.3, 0.4) is 0 Å². The molecular formula is C20H27N7O. The Morgan fingerprint density at radius 3 is 2.71 bits per heavy atom. The van der Waals surface area contributed by atoms with Crippen molar-refractivity contribution >= 4 is 11.9 Å². The van der Waals surface area contributed by atoms with E-state index in [1.165, 1.54) is 0 Å². The molecule has 0 aliphatic heterocycles. The summed E-state index contributed by atoms with van der Waals surface area (Å²) in [6, 6.07) is 9.36. The molecule has 0 bridgehead atoms. The van der Waals surface area contributed by atoms with Gasteiger partial charge < -0.3 is 10.2 Å². The van der Waals surface area contributed by atoms with E-state index in [4.69, 9.17) is 0 Å². The molecule has 0 radical (unpaired) electrons. The van der Waals surface area contributed by atoms with Gasteiger partial charge >= 0.3 is 0 Å². The number of anilines is 1. The highest BCUT2D eigenvalue weighted by atomic mass is 16.1. The molecule has 2 heterocycles. The maximum Gasteiger partial charge on any atom is 0.251 e. The van der Waals surface area contributed by atoms with Crippen LogP contribution in [-0.2, 0) is 13.0 Å². The van der Waals surface area contributed by atoms with Gasteiger partial charge in [0.25, 0.3) is 5.91 Å². The lowest BCUT2D eigenvalue weighted by Crippen LogP contribution is -2.34.